The van der Waals surface area contributed by atoms with Gasteiger partial charge in [0.1, 0.15) is 0 Å². The number of rotatable bonds is 3. The molecule has 1 aliphatic carbocycles. The maximum atomic E-state index is 4.53. The molecule has 0 bridgehead atoms. The largest absolute Gasteiger partial charge is 0.351 e. The first-order valence-electron chi connectivity index (χ1n) is 9.18. The first kappa shape index (κ1) is 20.3. The third-order valence-electron chi connectivity index (χ3n) is 5.75. The van der Waals surface area contributed by atoms with Gasteiger partial charge in [-0.25, -0.2) is 4.98 Å². The Morgan fingerprint density at radius 1 is 1.28 bits per heavy atom. The lowest BCUT2D eigenvalue weighted by Gasteiger charge is -2.33. The molecule has 1 saturated heterocycles. The number of nitrogens with one attached hydrogen (secondary N) is 1. The number of anilines is 1. The zero-order valence-electron chi connectivity index (χ0n) is 16.1. The number of imidazole rings is 1. The molecule has 0 amide bonds. The van der Waals surface area contributed by atoms with Crippen LogP contribution in [-0.2, 0) is 13.6 Å². The molecule has 1 aromatic rings. The Hall–Kier alpha value is -0.990. The zero-order valence-corrected chi connectivity index (χ0v) is 18.4. The summed E-state index contributed by atoms with van der Waals surface area (Å²) in [6, 6.07) is 0. The summed E-state index contributed by atoms with van der Waals surface area (Å²) in [5, 5.41) is 3.54. The van der Waals surface area contributed by atoms with Crippen molar-refractivity contribution in [2.24, 2.45) is 17.5 Å². The van der Waals surface area contributed by atoms with E-state index in [0.29, 0.717) is 5.41 Å². The summed E-state index contributed by atoms with van der Waals surface area (Å²) in [6.07, 6.45) is 10.3. The molecule has 2 heterocycles. The van der Waals surface area contributed by atoms with Crippen LogP contribution in [0.5, 0.6) is 0 Å². The highest BCUT2D eigenvalue weighted by Crippen LogP contribution is 2.43. The van der Waals surface area contributed by atoms with Crippen molar-refractivity contribution < 1.29 is 0 Å². The monoisotopic (exact) mass is 460 g/mol. The van der Waals surface area contributed by atoms with Gasteiger partial charge in [-0.05, 0) is 24.7 Å². The lowest BCUT2D eigenvalue weighted by atomic mass is 9.73. The van der Waals surface area contributed by atoms with Crippen molar-refractivity contribution in [3.05, 3.63) is 11.9 Å². The number of likely N-dealkylation sites (tertiary alicyclic amines) is 1. The molecule has 1 saturated carbocycles. The maximum Gasteiger partial charge on any atom is 0.204 e. The maximum absolute atomic E-state index is 4.53. The van der Waals surface area contributed by atoms with Crippen LogP contribution in [0.2, 0.25) is 0 Å². The Morgan fingerprint density at radius 3 is 2.60 bits per heavy atom. The van der Waals surface area contributed by atoms with Crippen LogP contribution >= 0.6 is 24.0 Å². The Balaban J connectivity index is 0.00000225. The quantitative estimate of drug-likeness (QED) is 0.428. The predicted molar refractivity (Wildman–Crippen MR) is 115 cm³/mol. The molecular weight excluding hydrogens is 427 g/mol. The van der Waals surface area contributed by atoms with E-state index < -0.39 is 0 Å². The Kier molecular flexibility index (Phi) is 6.99. The molecule has 0 atom stereocenters. The smallest absolute Gasteiger partial charge is 0.204 e. The summed E-state index contributed by atoms with van der Waals surface area (Å²) in [6.45, 7) is 3.06. The molecule has 3 rings (SSSR count). The molecule has 142 valence electrons. The fourth-order valence-electron chi connectivity index (χ4n) is 4.34. The van der Waals surface area contributed by atoms with Crippen LogP contribution in [0.3, 0.4) is 0 Å². The van der Waals surface area contributed by atoms with Gasteiger partial charge in [-0.3, -0.25) is 4.99 Å². The van der Waals surface area contributed by atoms with E-state index in [-0.39, 0.29) is 24.0 Å². The minimum Gasteiger partial charge on any atom is -0.351 e. The van der Waals surface area contributed by atoms with Gasteiger partial charge in [0.2, 0.25) is 5.95 Å². The van der Waals surface area contributed by atoms with Crippen molar-refractivity contribution in [2.45, 2.75) is 45.1 Å². The van der Waals surface area contributed by atoms with E-state index in [9.17, 15) is 0 Å². The number of guanidine groups is 1. The van der Waals surface area contributed by atoms with Crippen molar-refractivity contribution in [1.29, 1.82) is 0 Å². The average molecular weight is 460 g/mol. The third-order valence-corrected chi connectivity index (χ3v) is 5.75. The molecule has 1 N–H and O–H groups in total. The van der Waals surface area contributed by atoms with Crippen molar-refractivity contribution >= 4 is 35.9 Å². The van der Waals surface area contributed by atoms with Crippen molar-refractivity contribution in [1.82, 2.24) is 19.8 Å². The molecule has 0 radical (unpaired) electrons. The lowest BCUT2D eigenvalue weighted by Crippen LogP contribution is -2.41. The minimum absolute atomic E-state index is 0. The summed E-state index contributed by atoms with van der Waals surface area (Å²) in [4.78, 5) is 13.5. The Labute approximate surface area is 169 Å². The molecule has 1 spiro atoms. The van der Waals surface area contributed by atoms with E-state index in [1.54, 1.807) is 0 Å². The Bertz CT molecular complexity index is 588. The fraction of sp³-hybridized carbons (Fsp3) is 0.778. The molecule has 1 aliphatic heterocycles. The van der Waals surface area contributed by atoms with E-state index in [1.807, 2.05) is 32.2 Å². The molecule has 2 fully saturated rings. The number of nitrogens with zero attached hydrogens (tertiary/aromatic N) is 5. The van der Waals surface area contributed by atoms with Gasteiger partial charge < -0.3 is 19.7 Å². The van der Waals surface area contributed by atoms with Crippen molar-refractivity contribution in [3.63, 3.8) is 0 Å². The normalized spacial score (nSPS) is 19.8. The fourth-order valence-corrected chi connectivity index (χ4v) is 4.34. The molecule has 0 aromatic carbocycles. The van der Waals surface area contributed by atoms with Crippen LogP contribution in [0.25, 0.3) is 0 Å². The highest BCUT2D eigenvalue weighted by Gasteiger charge is 2.39. The highest BCUT2D eigenvalue weighted by atomic mass is 127. The van der Waals surface area contributed by atoms with Crippen LogP contribution in [0.4, 0.5) is 5.95 Å². The second-order valence-electron chi connectivity index (χ2n) is 7.64. The summed E-state index contributed by atoms with van der Waals surface area (Å²) in [5.74, 6) is 2.01. The average Bonchev–Trinajstić information content (AvgIpc) is 3.14. The molecule has 1 aromatic heterocycles. The highest BCUT2D eigenvalue weighted by molar-refractivity contribution is 14.0. The summed E-state index contributed by atoms with van der Waals surface area (Å²) in [7, 11) is 8.00. The molecule has 0 unspecified atom stereocenters. The number of aromatic nitrogens is 2. The third kappa shape index (κ3) is 4.41. The molecular formula is C18H33IN6. The molecule has 25 heavy (non-hydrogen) atoms. The van der Waals surface area contributed by atoms with Gasteiger partial charge in [-0.1, -0.05) is 19.3 Å². The first-order chi connectivity index (χ1) is 11.5. The van der Waals surface area contributed by atoms with E-state index >= 15 is 0 Å². The molecule has 6 nitrogen and oxygen atoms in total. The number of halogens is 1. The Morgan fingerprint density at radius 2 is 2.00 bits per heavy atom. The topological polar surface area (TPSA) is 48.7 Å². The second-order valence-corrected chi connectivity index (χ2v) is 7.64. The zero-order chi connectivity index (χ0) is 17.2. The van der Waals surface area contributed by atoms with Crippen molar-refractivity contribution in [2.75, 3.05) is 39.1 Å². The summed E-state index contributed by atoms with van der Waals surface area (Å²) in [5.41, 5.74) is 1.73. The van der Waals surface area contributed by atoms with Crippen LogP contribution < -0.4 is 10.2 Å². The second kappa shape index (κ2) is 8.60. The van der Waals surface area contributed by atoms with Gasteiger partial charge in [-0.2, -0.15) is 0 Å². The first-order valence-corrected chi connectivity index (χ1v) is 9.18. The number of hydrogen-bond acceptors (Lipinski definition) is 3. The molecule has 2 aliphatic rings. The van der Waals surface area contributed by atoms with Crippen LogP contribution in [-0.4, -0.2) is 54.6 Å². The summed E-state index contributed by atoms with van der Waals surface area (Å²) >= 11 is 0. The van der Waals surface area contributed by atoms with Gasteiger partial charge in [0.25, 0.3) is 0 Å². The molecule has 7 heteroatoms. The van der Waals surface area contributed by atoms with Crippen LogP contribution in [0.1, 0.15) is 44.2 Å². The van der Waals surface area contributed by atoms with Gasteiger partial charge in [0.05, 0.1) is 18.4 Å². The van der Waals surface area contributed by atoms with Crippen LogP contribution in [0, 0.1) is 5.41 Å². The van der Waals surface area contributed by atoms with E-state index in [1.165, 1.54) is 50.8 Å². The minimum atomic E-state index is 0. The standard InChI is InChI=1S/C18H32N6.HI/c1-19-16(20-12-15-13-21-17(22(2)3)23(15)4)24-11-10-18(14-24)8-6-5-7-9-18;/h13H,5-12,14H2,1-4H3,(H,19,20);1H. The SMILES string of the molecule is CN=C(NCc1cnc(N(C)C)n1C)N1CCC2(CCCCC2)C1.I. The summed E-state index contributed by atoms with van der Waals surface area (Å²) < 4.78 is 2.13. The van der Waals surface area contributed by atoms with Gasteiger partial charge in [0.15, 0.2) is 5.96 Å². The van der Waals surface area contributed by atoms with Gasteiger partial charge in [-0.15, -0.1) is 24.0 Å². The number of hydrogen-bond donors (Lipinski definition) is 1. The lowest BCUT2D eigenvalue weighted by molar-refractivity contribution is 0.203. The van der Waals surface area contributed by atoms with Gasteiger partial charge >= 0.3 is 0 Å². The van der Waals surface area contributed by atoms with E-state index in [2.05, 4.69) is 31.8 Å². The van der Waals surface area contributed by atoms with Gasteiger partial charge in [0, 0.05) is 41.3 Å². The number of aliphatic imine (C=N–C) groups is 1. The predicted octanol–water partition coefficient (Wildman–Crippen LogP) is 2.84. The van der Waals surface area contributed by atoms with E-state index in [0.717, 1.165) is 25.0 Å². The van der Waals surface area contributed by atoms with Crippen molar-refractivity contribution in [3.8, 4) is 0 Å². The van der Waals surface area contributed by atoms with E-state index in [4.69, 9.17) is 0 Å². The van der Waals surface area contributed by atoms with Crippen LogP contribution in [0.15, 0.2) is 11.2 Å².